The van der Waals surface area contributed by atoms with E-state index in [-0.39, 0.29) is 17.4 Å². The molecule has 0 fully saturated rings. The lowest BCUT2D eigenvalue weighted by molar-refractivity contribution is -0.481. The number of anilines is 1. The molecule has 0 aliphatic rings. The number of rotatable bonds is 6. The van der Waals surface area contributed by atoms with Gasteiger partial charge in [-0.3, -0.25) is 10.1 Å². The van der Waals surface area contributed by atoms with Crippen LogP contribution >= 0.6 is 0 Å². The molecular formula is C17H20N2O3. The predicted molar refractivity (Wildman–Crippen MR) is 87.5 cm³/mol. The summed E-state index contributed by atoms with van der Waals surface area (Å²) in [6, 6.07) is 15.3. The van der Waals surface area contributed by atoms with E-state index in [2.05, 4.69) is 0 Å². The van der Waals surface area contributed by atoms with Crippen LogP contribution in [0.15, 0.2) is 48.5 Å². The quantitative estimate of drug-likeness (QED) is 0.607. The molecule has 5 nitrogen and oxygen atoms in total. The second-order valence-corrected chi connectivity index (χ2v) is 5.30. The lowest BCUT2D eigenvalue weighted by Crippen LogP contribution is -2.15. The molecule has 0 aromatic heterocycles. The summed E-state index contributed by atoms with van der Waals surface area (Å²) in [5.41, 5.74) is 2.80. The first kappa shape index (κ1) is 15.8. The molecule has 0 bridgehead atoms. The minimum Gasteiger partial charge on any atom is -0.496 e. The van der Waals surface area contributed by atoms with Gasteiger partial charge >= 0.3 is 0 Å². The Hall–Kier alpha value is -2.56. The van der Waals surface area contributed by atoms with Gasteiger partial charge < -0.3 is 9.64 Å². The summed E-state index contributed by atoms with van der Waals surface area (Å²) in [6.07, 6.45) is 0. The van der Waals surface area contributed by atoms with Crippen molar-refractivity contribution in [1.29, 1.82) is 0 Å². The van der Waals surface area contributed by atoms with E-state index in [0.29, 0.717) is 5.75 Å². The molecule has 1 atom stereocenters. The SMILES string of the molecule is COc1ccccc1C(C[N+](=O)[O-])c1ccc(N(C)C)cc1. The molecule has 5 heteroatoms. The average molecular weight is 300 g/mol. The highest BCUT2D eigenvalue weighted by Gasteiger charge is 2.23. The highest BCUT2D eigenvalue weighted by Crippen LogP contribution is 2.32. The lowest BCUT2D eigenvalue weighted by Gasteiger charge is -2.18. The van der Waals surface area contributed by atoms with Crippen LogP contribution in [0.1, 0.15) is 17.0 Å². The summed E-state index contributed by atoms with van der Waals surface area (Å²) in [5, 5.41) is 11.1. The molecule has 2 aromatic carbocycles. The maximum atomic E-state index is 11.1. The van der Waals surface area contributed by atoms with E-state index in [1.54, 1.807) is 7.11 Å². The largest absolute Gasteiger partial charge is 0.496 e. The molecule has 1 unspecified atom stereocenters. The van der Waals surface area contributed by atoms with Gasteiger partial charge in [0.05, 0.1) is 13.0 Å². The smallest absolute Gasteiger partial charge is 0.214 e. The van der Waals surface area contributed by atoms with Crippen molar-refractivity contribution in [3.63, 3.8) is 0 Å². The normalized spacial score (nSPS) is 11.8. The van der Waals surface area contributed by atoms with E-state index in [9.17, 15) is 10.1 Å². The molecule has 2 aromatic rings. The van der Waals surface area contributed by atoms with Gasteiger partial charge in [0.1, 0.15) is 5.75 Å². The van der Waals surface area contributed by atoms with Gasteiger partial charge in [0.2, 0.25) is 6.54 Å². The summed E-state index contributed by atoms with van der Waals surface area (Å²) in [7, 11) is 5.50. The second kappa shape index (κ2) is 6.93. The molecule has 0 amide bonds. The van der Waals surface area contributed by atoms with Crippen molar-refractivity contribution in [2.75, 3.05) is 32.6 Å². The van der Waals surface area contributed by atoms with Crippen LogP contribution in [0.4, 0.5) is 5.69 Å². The average Bonchev–Trinajstić information content (AvgIpc) is 2.52. The fourth-order valence-electron chi connectivity index (χ4n) is 2.49. The predicted octanol–water partition coefficient (Wildman–Crippen LogP) is 3.17. The molecule has 0 heterocycles. The summed E-state index contributed by atoms with van der Waals surface area (Å²) in [4.78, 5) is 12.8. The molecule has 0 saturated carbocycles. The number of methoxy groups -OCH3 is 1. The van der Waals surface area contributed by atoms with Gasteiger partial charge in [-0.2, -0.15) is 0 Å². The molecular weight excluding hydrogens is 280 g/mol. The van der Waals surface area contributed by atoms with Crippen molar-refractivity contribution < 1.29 is 9.66 Å². The molecule has 116 valence electrons. The Morgan fingerprint density at radius 3 is 2.32 bits per heavy atom. The third-order valence-electron chi connectivity index (χ3n) is 3.66. The molecule has 0 spiro atoms. The molecule has 2 rings (SSSR count). The van der Waals surface area contributed by atoms with Crippen LogP contribution in [0.3, 0.4) is 0 Å². The second-order valence-electron chi connectivity index (χ2n) is 5.30. The van der Waals surface area contributed by atoms with E-state index in [4.69, 9.17) is 4.74 Å². The van der Waals surface area contributed by atoms with E-state index >= 15 is 0 Å². The third kappa shape index (κ3) is 3.55. The Kier molecular flexibility index (Phi) is 4.99. The van der Waals surface area contributed by atoms with Gasteiger partial charge in [0, 0.05) is 30.3 Å². The van der Waals surface area contributed by atoms with Gasteiger partial charge in [0.15, 0.2) is 0 Å². The molecule has 22 heavy (non-hydrogen) atoms. The first-order valence-corrected chi connectivity index (χ1v) is 7.05. The summed E-state index contributed by atoms with van der Waals surface area (Å²) in [5.74, 6) is 0.341. The van der Waals surface area contributed by atoms with Crippen LogP contribution < -0.4 is 9.64 Å². The molecule has 0 aliphatic heterocycles. The van der Waals surface area contributed by atoms with Gasteiger partial charge in [-0.15, -0.1) is 0 Å². The fourth-order valence-corrected chi connectivity index (χ4v) is 2.49. The highest BCUT2D eigenvalue weighted by atomic mass is 16.6. The zero-order chi connectivity index (χ0) is 16.1. The van der Waals surface area contributed by atoms with E-state index < -0.39 is 0 Å². The summed E-state index contributed by atoms with van der Waals surface area (Å²) in [6.45, 7) is -0.165. The number of nitrogens with zero attached hydrogens (tertiary/aromatic N) is 2. The van der Waals surface area contributed by atoms with Crippen LogP contribution in [0.25, 0.3) is 0 Å². The zero-order valence-corrected chi connectivity index (χ0v) is 13.0. The van der Waals surface area contributed by atoms with Crippen LogP contribution in [-0.2, 0) is 0 Å². The van der Waals surface area contributed by atoms with Gasteiger partial charge in [0.25, 0.3) is 0 Å². The monoisotopic (exact) mass is 300 g/mol. The van der Waals surface area contributed by atoms with Gasteiger partial charge in [-0.05, 0) is 23.8 Å². The first-order valence-electron chi connectivity index (χ1n) is 7.05. The van der Waals surface area contributed by atoms with E-state index in [0.717, 1.165) is 16.8 Å². The number of ether oxygens (including phenoxy) is 1. The van der Waals surface area contributed by atoms with Crippen molar-refractivity contribution in [1.82, 2.24) is 0 Å². The molecule has 0 aliphatic carbocycles. The number of hydrogen-bond donors (Lipinski definition) is 0. The molecule has 0 saturated heterocycles. The van der Waals surface area contributed by atoms with Crippen molar-refractivity contribution in [3.8, 4) is 5.75 Å². The number of hydrogen-bond acceptors (Lipinski definition) is 4. The maximum Gasteiger partial charge on any atom is 0.214 e. The van der Waals surface area contributed by atoms with Crippen molar-refractivity contribution >= 4 is 5.69 Å². The maximum absolute atomic E-state index is 11.1. The number of para-hydroxylation sites is 1. The Morgan fingerprint density at radius 1 is 1.14 bits per heavy atom. The van der Waals surface area contributed by atoms with Crippen LogP contribution in [-0.4, -0.2) is 32.7 Å². The van der Waals surface area contributed by atoms with E-state index in [1.165, 1.54) is 0 Å². The summed E-state index contributed by atoms with van der Waals surface area (Å²) >= 11 is 0. The molecule has 0 radical (unpaired) electrons. The minimum absolute atomic E-state index is 0.165. The number of benzene rings is 2. The number of nitro groups is 1. The standard InChI is InChI=1S/C17H20N2O3/c1-18(2)14-10-8-13(9-11-14)16(12-19(20)21)15-6-4-5-7-17(15)22-3/h4-11,16H,12H2,1-3H3. The van der Waals surface area contributed by atoms with Crippen molar-refractivity contribution in [3.05, 3.63) is 69.8 Å². The topological polar surface area (TPSA) is 55.6 Å². The Balaban J connectivity index is 2.43. The van der Waals surface area contributed by atoms with Gasteiger partial charge in [-0.1, -0.05) is 30.3 Å². The van der Waals surface area contributed by atoms with Gasteiger partial charge in [-0.25, -0.2) is 0 Å². The van der Waals surface area contributed by atoms with Crippen molar-refractivity contribution in [2.45, 2.75) is 5.92 Å². The minimum atomic E-state index is -0.331. The van der Waals surface area contributed by atoms with Crippen LogP contribution in [0.2, 0.25) is 0 Å². The van der Waals surface area contributed by atoms with E-state index in [1.807, 2.05) is 67.5 Å². The molecule has 0 N–H and O–H groups in total. The lowest BCUT2D eigenvalue weighted by atomic mass is 9.90. The van der Waals surface area contributed by atoms with Crippen LogP contribution in [0.5, 0.6) is 5.75 Å². The van der Waals surface area contributed by atoms with Crippen LogP contribution in [0, 0.1) is 10.1 Å². The highest BCUT2D eigenvalue weighted by molar-refractivity contribution is 5.49. The van der Waals surface area contributed by atoms with Crippen molar-refractivity contribution in [2.24, 2.45) is 0 Å². The fraction of sp³-hybridized carbons (Fsp3) is 0.294. The Morgan fingerprint density at radius 2 is 1.77 bits per heavy atom. The summed E-state index contributed by atoms with van der Waals surface area (Å²) < 4.78 is 5.36. The Bertz CT molecular complexity index is 639. The zero-order valence-electron chi connectivity index (χ0n) is 13.0. The first-order chi connectivity index (χ1) is 10.5. The Labute approximate surface area is 130 Å². The third-order valence-corrected chi connectivity index (χ3v) is 3.66.